The van der Waals surface area contributed by atoms with Gasteiger partial charge >= 0.3 is 5.69 Å². The van der Waals surface area contributed by atoms with Gasteiger partial charge in [-0.15, -0.1) is 0 Å². The van der Waals surface area contributed by atoms with Gasteiger partial charge in [-0.1, -0.05) is 0 Å². The maximum absolute atomic E-state index is 11.1. The molecule has 8 heteroatoms. The van der Waals surface area contributed by atoms with Crippen LogP contribution in [0.3, 0.4) is 0 Å². The first-order chi connectivity index (χ1) is 9.02. The number of nitro groups is 1. The average Bonchev–Trinajstić information content (AvgIpc) is 2.76. The van der Waals surface area contributed by atoms with Crippen molar-refractivity contribution < 1.29 is 9.66 Å². The molecule has 1 saturated heterocycles. The normalized spacial score (nSPS) is 18.9. The van der Waals surface area contributed by atoms with Crippen LogP contribution in [-0.4, -0.2) is 41.7 Å². The molecule has 1 fully saturated rings. The molecule has 1 aromatic rings. The lowest BCUT2D eigenvalue weighted by molar-refractivity contribution is -0.385. The van der Waals surface area contributed by atoms with Gasteiger partial charge in [-0.3, -0.25) is 10.1 Å². The van der Waals surface area contributed by atoms with E-state index in [9.17, 15) is 10.1 Å². The lowest BCUT2D eigenvalue weighted by Crippen LogP contribution is -2.23. The molecule has 0 amide bonds. The average molecular weight is 287 g/mol. The number of nitrogens with zero attached hydrogens (tertiary/aromatic N) is 4. The molecule has 0 spiro atoms. The van der Waals surface area contributed by atoms with E-state index in [-0.39, 0.29) is 16.7 Å². The van der Waals surface area contributed by atoms with Crippen LogP contribution >= 0.6 is 11.6 Å². The third kappa shape index (κ3) is 2.93. The van der Waals surface area contributed by atoms with Crippen LogP contribution < -0.4 is 4.90 Å². The molecule has 1 aromatic heterocycles. The molecule has 1 aliphatic rings. The topological polar surface area (TPSA) is 81.4 Å². The maximum atomic E-state index is 11.1. The Morgan fingerprint density at radius 2 is 2.32 bits per heavy atom. The summed E-state index contributed by atoms with van der Waals surface area (Å²) in [5, 5.41) is 11.2. The molecule has 0 bridgehead atoms. The van der Waals surface area contributed by atoms with E-state index < -0.39 is 4.92 Å². The molecule has 0 N–H and O–H groups in total. The molecule has 0 aliphatic carbocycles. The largest absolute Gasteiger partial charge is 0.384 e. The fourth-order valence-corrected chi connectivity index (χ4v) is 2.56. The van der Waals surface area contributed by atoms with Gasteiger partial charge in [0.25, 0.3) is 0 Å². The highest BCUT2D eigenvalue weighted by Gasteiger charge is 2.31. The summed E-state index contributed by atoms with van der Waals surface area (Å²) < 4.78 is 5.12. The second-order valence-corrected chi connectivity index (χ2v) is 4.90. The third-order valence-electron chi connectivity index (χ3n) is 3.18. The minimum Gasteiger partial charge on any atom is -0.384 e. The van der Waals surface area contributed by atoms with Gasteiger partial charge in [0.05, 0.1) is 11.5 Å². The predicted octanol–water partition coefficient (Wildman–Crippen LogP) is 1.82. The van der Waals surface area contributed by atoms with Crippen LogP contribution in [0.15, 0.2) is 0 Å². The Hall–Kier alpha value is -1.47. The summed E-state index contributed by atoms with van der Waals surface area (Å²) in [7, 11) is 1.65. The molecule has 0 radical (unpaired) electrons. The smallest absolute Gasteiger partial charge is 0.332 e. The van der Waals surface area contributed by atoms with Crippen molar-refractivity contribution in [3.63, 3.8) is 0 Å². The number of ether oxygens (including phenoxy) is 1. The Morgan fingerprint density at radius 3 is 2.95 bits per heavy atom. The van der Waals surface area contributed by atoms with Crippen molar-refractivity contribution in [3.8, 4) is 0 Å². The number of aryl methyl sites for hydroxylation is 1. The van der Waals surface area contributed by atoms with Crippen LogP contribution in [0.2, 0.25) is 5.28 Å². The van der Waals surface area contributed by atoms with Crippen LogP contribution in [0.25, 0.3) is 0 Å². The Morgan fingerprint density at radius 1 is 1.58 bits per heavy atom. The monoisotopic (exact) mass is 286 g/mol. The van der Waals surface area contributed by atoms with E-state index in [1.165, 1.54) is 0 Å². The quantitative estimate of drug-likeness (QED) is 0.477. The minimum atomic E-state index is -0.454. The number of hydrogen-bond donors (Lipinski definition) is 0. The molecule has 19 heavy (non-hydrogen) atoms. The highest BCUT2D eigenvalue weighted by molar-refractivity contribution is 6.28. The summed E-state index contributed by atoms with van der Waals surface area (Å²) in [4.78, 5) is 20.4. The van der Waals surface area contributed by atoms with Crippen molar-refractivity contribution in [2.75, 3.05) is 31.7 Å². The second-order valence-electron chi connectivity index (χ2n) is 4.56. The SMILES string of the molecule is COCC1CCN(c2nc(Cl)nc(C)c2[N+](=O)[O-])C1. The van der Waals surface area contributed by atoms with E-state index in [0.717, 1.165) is 6.42 Å². The first-order valence-electron chi connectivity index (χ1n) is 5.95. The van der Waals surface area contributed by atoms with E-state index in [4.69, 9.17) is 16.3 Å². The van der Waals surface area contributed by atoms with E-state index in [1.54, 1.807) is 14.0 Å². The van der Waals surface area contributed by atoms with Crippen molar-refractivity contribution in [1.29, 1.82) is 0 Å². The van der Waals surface area contributed by atoms with Crippen molar-refractivity contribution in [1.82, 2.24) is 9.97 Å². The summed E-state index contributed by atoms with van der Waals surface area (Å²) in [6.45, 7) is 3.60. The van der Waals surface area contributed by atoms with Gasteiger partial charge < -0.3 is 9.64 Å². The predicted molar refractivity (Wildman–Crippen MR) is 70.6 cm³/mol. The van der Waals surface area contributed by atoms with E-state index >= 15 is 0 Å². The molecule has 2 heterocycles. The minimum absolute atomic E-state index is 0.0355. The van der Waals surface area contributed by atoms with Crippen molar-refractivity contribution in [2.45, 2.75) is 13.3 Å². The van der Waals surface area contributed by atoms with Gasteiger partial charge in [0.15, 0.2) is 0 Å². The maximum Gasteiger partial charge on any atom is 0.332 e. The summed E-state index contributed by atoms with van der Waals surface area (Å²) in [6.07, 6.45) is 0.922. The lowest BCUT2D eigenvalue weighted by Gasteiger charge is -2.17. The first-order valence-corrected chi connectivity index (χ1v) is 6.33. The zero-order chi connectivity index (χ0) is 14.0. The van der Waals surface area contributed by atoms with Gasteiger partial charge in [0, 0.05) is 26.1 Å². The van der Waals surface area contributed by atoms with Crippen LogP contribution in [0.1, 0.15) is 12.1 Å². The van der Waals surface area contributed by atoms with Crippen molar-refractivity contribution in [3.05, 3.63) is 21.1 Å². The zero-order valence-corrected chi connectivity index (χ0v) is 11.6. The van der Waals surface area contributed by atoms with Crippen molar-refractivity contribution >= 4 is 23.1 Å². The highest BCUT2D eigenvalue weighted by Crippen LogP contribution is 2.33. The van der Waals surface area contributed by atoms with Gasteiger partial charge in [-0.25, -0.2) is 4.98 Å². The van der Waals surface area contributed by atoms with Gasteiger partial charge in [0.2, 0.25) is 11.1 Å². The molecule has 1 aliphatic heterocycles. The number of rotatable bonds is 4. The summed E-state index contributed by atoms with van der Waals surface area (Å²) in [6, 6.07) is 0. The molecule has 7 nitrogen and oxygen atoms in total. The fraction of sp³-hybridized carbons (Fsp3) is 0.636. The molecule has 2 rings (SSSR count). The molecular weight excluding hydrogens is 272 g/mol. The number of hydrogen-bond acceptors (Lipinski definition) is 6. The molecule has 1 unspecified atom stereocenters. The Balaban J connectivity index is 2.32. The number of methoxy groups -OCH3 is 1. The summed E-state index contributed by atoms with van der Waals surface area (Å²) in [5.74, 6) is 0.666. The summed E-state index contributed by atoms with van der Waals surface area (Å²) >= 11 is 5.81. The van der Waals surface area contributed by atoms with Crippen molar-refractivity contribution in [2.24, 2.45) is 5.92 Å². The highest BCUT2D eigenvalue weighted by atomic mass is 35.5. The van der Waals surface area contributed by atoms with Crippen LogP contribution in [-0.2, 0) is 4.74 Å². The third-order valence-corrected chi connectivity index (χ3v) is 3.35. The Labute approximate surface area is 115 Å². The molecule has 1 atom stereocenters. The van der Waals surface area contributed by atoms with Crippen LogP contribution in [0.4, 0.5) is 11.5 Å². The second kappa shape index (κ2) is 5.66. The lowest BCUT2D eigenvalue weighted by atomic mass is 10.1. The van der Waals surface area contributed by atoms with E-state index in [1.807, 2.05) is 4.90 Å². The first kappa shape index (κ1) is 14.0. The number of anilines is 1. The molecular formula is C11H15ClN4O3. The summed E-state index contributed by atoms with van der Waals surface area (Å²) in [5.41, 5.74) is 0.220. The van der Waals surface area contributed by atoms with E-state index in [2.05, 4.69) is 9.97 Å². The number of aromatic nitrogens is 2. The molecule has 104 valence electrons. The molecule has 0 aromatic carbocycles. The standard InChI is InChI=1S/C11H15ClN4O3/c1-7-9(16(17)18)10(14-11(12)13-7)15-4-3-8(5-15)6-19-2/h8H,3-6H2,1-2H3. The van der Waals surface area contributed by atoms with E-state index in [0.29, 0.717) is 31.4 Å². The zero-order valence-electron chi connectivity index (χ0n) is 10.8. The van der Waals surface area contributed by atoms with Gasteiger partial charge in [0.1, 0.15) is 5.69 Å². The van der Waals surface area contributed by atoms with Gasteiger partial charge in [-0.2, -0.15) is 4.98 Å². The Bertz CT molecular complexity index is 497. The molecule has 0 saturated carbocycles. The number of halogens is 1. The van der Waals surface area contributed by atoms with Crippen LogP contribution in [0.5, 0.6) is 0 Å². The fourth-order valence-electron chi connectivity index (χ4n) is 2.35. The van der Waals surface area contributed by atoms with Gasteiger partial charge in [-0.05, 0) is 24.9 Å². The van der Waals surface area contributed by atoms with Crippen LogP contribution in [0, 0.1) is 23.0 Å². The Kier molecular flexibility index (Phi) is 4.16.